The maximum absolute atomic E-state index is 12.9. The minimum absolute atomic E-state index is 0.149. The number of para-hydroxylation sites is 1. The van der Waals surface area contributed by atoms with E-state index in [1.54, 1.807) is 36.0 Å². The van der Waals surface area contributed by atoms with Gasteiger partial charge in [-0.15, -0.1) is 0 Å². The Morgan fingerprint density at radius 1 is 0.971 bits per heavy atom. The van der Waals surface area contributed by atoms with E-state index in [0.717, 1.165) is 32.9 Å². The van der Waals surface area contributed by atoms with Gasteiger partial charge in [0.2, 0.25) is 5.78 Å². The van der Waals surface area contributed by atoms with Crippen molar-refractivity contribution in [2.45, 2.75) is 43.1 Å². The molecule has 0 saturated carbocycles. The molecule has 3 aromatic carbocycles. The Kier molecular flexibility index (Phi) is 7.80. The number of carbonyl (C=O) groups is 2. The summed E-state index contributed by atoms with van der Waals surface area (Å²) in [7, 11) is 0. The van der Waals surface area contributed by atoms with E-state index < -0.39 is 5.97 Å². The molecule has 178 valence electrons. The molecule has 0 aliphatic carbocycles. The lowest BCUT2D eigenvalue weighted by molar-refractivity contribution is -0.140. The molecule has 6 nitrogen and oxygen atoms in total. The van der Waals surface area contributed by atoms with Crippen LogP contribution in [0.25, 0.3) is 11.0 Å². The van der Waals surface area contributed by atoms with Gasteiger partial charge in [0.05, 0.1) is 12.3 Å². The zero-order valence-corrected chi connectivity index (χ0v) is 20.3. The van der Waals surface area contributed by atoms with Crippen LogP contribution in [0.15, 0.2) is 92.2 Å². The van der Waals surface area contributed by atoms with E-state index in [1.807, 2.05) is 55.5 Å². The monoisotopic (exact) mass is 487 g/mol. The third-order valence-corrected chi connectivity index (χ3v) is 6.35. The summed E-state index contributed by atoms with van der Waals surface area (Å²) >= 11 is 1.58. The molecule has 0 spiro atoms. The van der Waals surface area contributed by atoms with Crippen molar-refractivity contribution < 1.29 is 24.0 Å². The second-order valence-corrected chi connectivity index (χ2v) is 9.10. The molecule has 4 rings (SSSR count). The number of furan rings is 1. The number of oxime groups is 1. The van der Waals surface area contributed by atoms with Crippen LogP contribution in [0.2, 0.25) is 0 Å². The number of carbonyl (C=O) groups excluding carboxylic acids is 2. The molecule has 0 radical (unpaired) electrons. The lowest BCUT2D eigenvalue weighted by atomic mass is 10.1. The molecule has 4 aromatic rings. The van der Waals surface area contributed by atoms with Crippen LogP contribution >= 0.6 is 11.8 Å². The van der Waals surface area contributed by atoms with Gasteiger partial charge < -0.3 is 14.4 Å². The molecule has 0 bridgehead atoms. The van der Waals surface area contributed by atoms with Gasteiger partial charge in [0.15, 0.2) is 5.76 Å². The molecule has 0 atom stereocenters. The van der Waals surface area contributed by atoms with E-state index in [2.05, 4.69) is 5.16 Å². The van der Waals surface area contributed by atoms with Crippen molar-refractivity contribution in [1.29, 1.82) is 0 Å². The van der Waals surface area contributed by atoms with Gasteiger partial charge in [-0.2, -0.15) is 0 Å². The van der Waals surface area contributed by atoms with Gasteiger partial charge in [0, 0.05) is 33.2 Å². The Balaban J connectivity index is 1.46. The predicted molar refractivity (Wildman–Crippen MR) is 136 cm³/mol. The molecule has 1 heterocycles. The summed E-state index contributed by atoms with van der Waals surface area (Å²) < 4.78 is 5.76. The number of aliphatic hydroxyl groups excluding tert-OH is 1. The van der Waals surface area contributed by atoms with E-state index >= 15 is 0 Å². The molecule has 0 amide bonds. The van der Waals surface area contributed by atoms with Crippen molar-refractivity contribution in [3.05, 3.63) is 95.2 Å². The summed E-state index contributed by atoms with van der Waals surface area (Å²) in [6.45, 7) is 3.22. The topological polar surface area (TPSA) is 89.1 Å². The molecule has 1 N–H and O–H groups in total. The fourth-order valence-electron chi connectivity index (χ4n) is 3.63. The number of aliphatic hydroxyl groups is 1. The first-order valence-corrected chi connectivity index (χ1v) is 12.1. The number of rotatable bonds is 9. The number of benzene rings is 3. The molecule has 0 aliphatic heterocycles. The molecule has 35 heavy (non-hydrogen) atoms. The van der Waals surface area contributed by atoms with Gasteiger partial charge in [0.25, 0.3) is 0 Å². The van der Waals surface area contributed by atoms with Crippen molar-refractivity contribution in [2.75, 3.05) is 0 Å². The number of fused-ring (bicyclic) bond motifs is 1. The van der Waals surface area contributed by atoms with Gasteiger partial charge >= 0.3 is 5.97 Å². The Morgan fingerprint density at radius 2 is 1.63 bits per heavy atom. The third kappa shape index (κ3) is 5.88. The summed E-state index contributed by atoms with van der Waals surface area (Å²) in [5, 5.41) is 14.3. The quantitative estimate of drug-likeness (QED) is 0.128. The highest BCUT2D eigenvalue weighted by atomic mass is 32.2. The number of hydrogen-bond acceptors (Lipinski definition) is 7. The lowest BCUT2D eigenvalue weighted by Crippen LogP contribution is -2.03. The minimum Gasteiger partial charge on any atom is -0.452 e. The van der Waals surface area contributed by atoms with E-state index in [0.29, 0.717) is 23.1 Å². The first-order valence-electron chi connectivity index (χ1n) is 11.3. The average Bonchev–Trinajstić information content (AvgIpc) is 3.32. The fraction of sp³-hybridized carbons (Fsp3) is 0.179. The van der Waals surface area contributed by atoms with Crippen molar-refractivity contribution in [2.24, 2.45) is 5.16 Å². The third-order valence-electron chi connectivity index (χ3n) is 5.33. The van der Waals surface area contributed by atoms with E-state index in [4.69, 9.17) is 9.25 Å². The molecule has 0 unspecified atom stereocenters. The standard InChI is InChI=1S/C28H25NO5S/c1-3-5-25(29-34-18(2)31)19-8-12-23(13-9-19)35-24-14-10-20(11-15-24)27(32)26-16-21-6-4-7-22(17-30)28(21)33-26/h4,6-16,30H,3,5,17H2,1-2H3. The molecule has 0 saturated heterocycles. The molecular formula is C28H25NO5S. The zero-order valence-electron chi connectivity index (χ0n) is 19.5. The first-order chi connectivity index (χ1) is 17.0. The van der Waals surface area contributed by atoms with Crippen molar-refractivity contribution in [1.82, 2.24) is 0 Å². The Hall–Kier alpha value is -3.68. The van der Waals surface area contributed by atoms with Crippen LogP contribution in [-0.2, 0) is 16.2 Å². The number of ketones is 1. The highest BCUT2D eigenvalue weighted by Gasteiger charge is 2.16. The minimum atomic E-state index is -0.442. The van der Waals surface area contributed by atoms with Gasteiger partial charge in [0.1, 0.15) is 5.58 Å². The Morgan fingerprint density at radius 3 is 2.23 bits per heavy atom. The van der Waals surface area contributed by atoms with Crippen molar-refractivity contribution in [3.8, 4) is 0 Å². The largest absolute Gasteiger partial charge is 0.452 e. The average molecular weight is 488 g/mol. The summed E-state index contributed by atoms with van der Waals surface area (Å²) in [5.41, 5.74) is 3.36. The summed E-state index contributed by atoms with van der Waals surface area (Å²) in [6.07, 6.45) is 1.60. The highest BCUT2D eigenvalue weighted by Crippen LogP contribution is 2.30. The first kappa shape index (κ1) is 24.4. The molecule has 0 aliphatic rings. The van der Waals surface area contributed by atoms with Crippen LogP contribution in [0.4, 0.5) is 0 Å². The maximum Gasteiger partial charge on any atom is 0.331 e. The van der Waals surface area contributed by atoms with Crippen LogP contribution in [-0.4, -0.2) is 22.6 Å². The second-order valence-electron chi connectivity index (χ2n) is 7.96. The fourth-order valence-corrected chi connectivity index (χ4v) is 4.44. The Labute approximate surface area is 207 Å². The van der Waals surface area contributed by atoms with Gasteiger partial charge in [-0.05, 0) is 54.4 Å². The SMILES string of the molecule is CCCC(=NOC(C)=O)c1ccc(Sc2ccc(C(=O)c3cc4cccc(CO)c4o3)cc2)cc1. The van der Waals surface area contributed by atoms with Crippen LogP contribution in [0.5, 0.6) is 0 Å². The summed E-state index contributed by atoms with van der Waals surface area (Å²) in [4.78, 5) is 30.9. The van der Waals surface area contributed by atoms with E-state index in [9.17, 15) is 14.7 Å². The van der Waals surface area contributed by atoms with Crippen LogP contribution in [0.1, 0.15) is 53.9 Å². The van der Waals surface area contributed by atoms with Gasteiger partial charge in [-0.25, -0.2) is 4.79 Å². The lowest BCUT2D eigenvalue weighted by Gasteiger charge is -2.07. The molecule has 7 heteroatoms. The van der Waals surface area contributed by atoms with Crippen LogP contribution in [0, 0.1) is 0 Å². The zero-order chi connectivity index (χ0) is 24.8. The predicted octanol–water partition coefficient (Wildman–Crippen LogP) is 6.37. The molecule has 0 fully saturated rings. The molecule has 1 aromatic heterocycles. The van der Waals surface area contributed by atoms with Gasteiger partial charge in [-0.3, -0.25) is 4.79 Å². The summed E-state index contributed by atoms with van der Waals surface area (Å²) in [6, 6.07) is 22.4. The smallest absolute Gasteiger partial charge is 0.331 e. The van der Waals surface area contributed by atoms with Crippen molar-refractivity contribution >= 4 is 40.2 Å². The normalized spacial score (nSPS) is 11.6. The Bertz CT molecular complexity index is 1370. The van der Waals surface area contributed by atoms with Crippen LogP contribution in [0.3, 0.4) is 0 Å². The molecular weight excluding hydrogens is 462 g/mol. The number of hydrogen-bond donors (Lipinski definition) is 1. The summed E-state index contributed by atoms with van der Waals surface area (Å²) in [5.74, 6) is -0.403. The second kappa shape index (κ2) is 11.2. The van der Waals surface area contributed by atoms with Gasteiger partial charge in [-0.1, -0.05) is 60.6 Å². The highest BCUT2D eigenvalue weighted by molar-refractivity contribution is 7.99. The van der Waals surface area contributed by atoms with Crippen molar-refractivity contribution in [3.63, 3.8) is 0 Å². The number of nitrogens with zero attached hydrogens (tertiary/aromatic N) is 1. The van der Waals surface area contributed by atoms with E-state index in [1.165, 1.54) is 6.92 Å². The van der Waals surface area contributed by atoms with E-state index in [-0.39, 0.29) is 18.2 Å². The van der Waals surface area contributed by atoms with Crippen LogP contribution < -0.4 is 0 Å². The maximum atomic E-state index is 12.9.